The summed E-state index contributed by atoms with van der Waals surface area (Å²) in [5, 5.41) is 20.6. The number of Topliss-reactive ketones (excluding diaryl/α,β-unsaturated/α-hetero) is 3. The molecule has 0 radical (unpaired) electrons. The van der Waals surface area contributed by atoms with Gasteiger partial charge in [-0.3, -0.25) is 14.4 Å². The molecule has 3 rings (SSSR count). The van der Waals surface area contributed by atoms with E-state index in [1.807, 2.05) is 0 Å². The van der Waals surface area contributed by atoms with Gasteiger partial charge in [-0.2, -0.15) is 0 Å². The SMILES string of the molecule is O=C1CCCC(O)=C1C(C(=O)c1ccccc1)C1=C(O)CCCC1=O. The second-order valence-electron chi connectivity index (χ2n) is 6.44. The van der Waals surface area contributed by atoms with Crippen LogP contribution in [0.25, 0.3) is 0 Å². The molecule has 0 amide bonds. The number of carbonyl (C=O) groups excluding carboxylic acids is 3. The molecule has 1 aromatic carbocycles. The van der Waals surface area contributed by atoms with Crippen LogP contribution in [0, 0.1) is 5.92 Å². The normalized spacial score (nSPS) is 18.9. The number of benzene rings is 1. The van der Waals surface area contributed by atoms with Gasteiger partial charge in [0.25, 0.3) is 0 Å². The molecule has 0 heterocycles. The molecule has 0 aliphatic heterocycles. The molecule has 0 unspecified atom stereocenters. The standard InChI is InChI=1S/C20H20O5/c21-13-8-4-9-14(22)17(13)19(18-15(23)10-5-11-16(18)24)20(25)12-6-2-1-3-7-12/h1-3,6-7,19,21,23H,4-5,8-11H2. The number of hydrogen-bond acceptors (Lipinski definition) is 5. The predicted molar refractivity (Wildman–Crippen MR) is 91.3 cm³/mol. The topological polar surface area (TPSA) is 91.7 Å². The Morgan fingerprint density at radius 2 is 1.28 bits per heavy atom. The number of hydrogen-bond donors (Lipinski definition) is 2. The summed E-state index contributed by atoms with van der Waals surface area (Å²) in [6.45, 7) is 0. The first-order chi connectivity index (χ1) is 12.0. The molecular weight excluding hydrogens is 320 g/mol. The van der Waals surface area contributed by atoms with Crippen LogP contribution in [0.5, 0.6) is 0 Å². The maximum atomic E-state index is 13.1. The Hall–Kier alpha value is -2.69. The summed E-state index contributed by atoms with van der Waals surface area (Å²) in [7, 11) is 0. The highest BCUT2D eigenvalue weighted by atomic mass is 16.3. The molecule has 2 N–H and O–H groups in total. The average Bonchev–Trinajstić information content (AvgIpc) is 2.60. The molecule has 2 aliphatic carbocycles. The van der Waals surface area contributed by atoms with Gasteiger partial charge in [0.15, 0.2) is 17.3 Å². The Labute approximate surface area is 145 Å². The monoisotopic (exact) mass is 340 g/mol. The Balaban J connectivity index is 2.17. The fourth-order valence-corrected chi connectivity index (χ4v) is 3.52. The second-order valence-corrected chi connectivity index (χ2v) is 6.44. The van der Waals surface area contributed by atoms with Gasteiger partial charge in [0, 0.05) is 42.4 Å². The van der Waals surface area contributed by atoms with Crippen molar-refractivity contribution < 1.29 is 24.6 Å². The van der Waals surface area contributed by atoms with Gasteiger partial charge in [0.05, 0.1) is 5.92 Å². The number of rotatable bonds is 4. The molecule has 0 aromatic heterocycles. The molecule has 0 spiro atoms. The Bertz CT molecular complexity index is 744. The third kappa shape index (κ3) is 3.27. The van der Waals surface area contributed by atoms with Gasteiger partial charge >= 0.3 is 0 Å². The van der Waals surface area contributed by atoms with Crippen LogP contribution in [0.1, 0.15) is 48.9 Å². The van der Waals surface area contributed by atoms with Crippen molar-refractivity contribution in [2.24, 2.45) is 5.92 Å². The van der Waals surface area contributed by atoms with Gasteiger partial charge in [-0.25, -0.2) is 0 Å². The smallest absolute Gasteiger partial charge is 0.175 e. The van der Waals surface area contributed by atoms with E-state index in [1.54, 1.807) is 30.3 Å². The van der Waals surface area contributed by atoms with Crippen molar-refractivity contribution in [3.63, 3.8) is 0 Å². The Kier molecular flexibility index (Phi) is 4.83. The van der Waals surface area contributed by atoms with Crippen molar-refractivity contribution in [1.82, 2.24) is 0 Å². The summed E-state index contributed by atoms with van der Waals surface area (Å²) in [6.07, 6.45) is 2.06. The van der Waals surface area contributed by atoms with E-state index in [1.165, 1.54) is 0 Å². The zero-order chi connectivity index (χ0) is 18.0. The van der Waals surface area contributed by atoms with Crippen molar-refractivity contribution in [2.75, 3.05) is 0 Å². The Morgan fingerprint density at radius 1 is 0.800 bits per heavy atom. The lowest BCUT2D eigenvalue weighted by molar-refractivity contribution is -0.117. The third-order valence-electron chi connectivity index (χ3n) is 4.76. The molecule has 2 aliphatic rings. The largest absolute Gasteiger partial charge is 0.512 e. The van der Waals surface area contributed by atoms with Crippen LogP contribution < -0.4 is 0 Å². The lowest BCUT2D eigenvalue weighted by atomic mass is 9.74. The van der Waals surface area contributed by atoms with Crippen LogP contribution in [0.2, 0.25) is 0 Å². The van der Waals surface area contributed by atoms with Crippen molar-refractivity contribution >= 4 is 17.3 Å². The maximum absolute atomic E-state index is 13.1. The van der Waals surface area contributed by atoms with Crippen molar-refractivity contribution in [1.29, 1.82) is 0 Å². The summed E-state index contributed by atoms with van der Waals surface area (Å²) in [5.41, 5.74) is 0.277. The molecule has 5 heteroatoms. The van der Waals surface area contributed by atoms with Crippen LogP contribution in [0.3, 0.4) is 0 Å². The summed E-state index contributed by atoms with van der Waals surface area (Å²) >= 11 is 0. The molecule has 0 fully saturated rings. The molecular formula is C20H20O5. The highest BCUT2D eigenvalue weighted by Crippen LogP contribution is 2.37. The fourth-order valence-electron chi connectivity index (χ4n) is 3.52. The summed E-state index contributed by atoms with van der Waals surface area (Å²) in [6, 6.07) is 8.35. The quantitative estimate of drug-likeness (QED) is 0.817. The predicted octanol–water partition coefficient (Wildman–Crippen LogP) is 3.62. The number of aliphatic hydroxyl groups excluding tert-OH is 2. The van der Waals surface area contributed by atoms with E-state index in [0.29, 0.717) is 31.2 Å². The van der Waals surface area contributed by atoms with E-state index < -0.39 is 11.7 Å². The van der Waals surface area contributed by atoms with Gasteiger partial charge in [0.1, 0.15) is 11.5 Å². The lowest BCUT2D eigenvalue weighted by Gasteiger charge is -2.27. The number of aliphatic hydroxyl groups is 2. The zero-order valence-corrected chi connectivity index (χ0v) is 13.8. The van der Waals surface area contributed by atoms with Gasteiger partial charge < -0.3 is 10.2 Å². The molecule has 5 nitrogen and oxygen atoms in total. The third-order valence-corrected chi connectivity index (χ3v) is 4.76. The zero-order valence-electron chi connectivity index (χ0n) is 13.8. The Morgan fingerprint density at radius 3 is 1.72 bits per heavy atom. The minimum atomic E-state index is -1.23. The van der Waals surface area contributed by atoms with E-state index >= 15 is 0 Å². The van der Waals surface area contributed by atoms with Gasteiger partial charge in [0.2, 0.25) is 0 Å². The van der Waals surface area contributed by atoms with E-state index in [-0.39, 0.29) is 47.1 Å². The molecule has 0 saturated heterocycles. The maximum Gasteiger partial charge on any atom is 0.175 e. The van der Waals surface area contributed by atoms with E-state index in [2.05, 4.69) is 0 Å². The lowest BCUT2D eigenvalue weighted by Crippen LogP contribution is -2.32. The minimum absolute atomic E-state index is 0.0306. The van der Waals surface area contributed by atoms with Gasteiger partial charge in [-0.15, -0.1) is 0 Å². The number of carbonyl (C=O) groups is 3. The van der Waals surface area contributed by atoms with E-state index in [0.717, 1.165) is 0 Å². The second kappa shape index (κ2) is 7.05. The highest BCUT2D eigenvalue weighted by molar-refractivity contribution is 6.15. The van der Waals surface area contributed by atoms with E-state index in [4.69, 9.17) is 0 Å². The summed E-state index contributed by atoms with van der Waals surface area (Å²) < 4.78 is 0. The highest BCUT2D eigenvalue weighted by Gasteiger charge is 2.40. The van der Waals surface area contributed by atoms with Gasteiger partial charge in [-0.05, 0) is 12.8 Å². The van der Waals surface area contributed by atoms with Crippen LogP contribution in [0.15, 0.2) is 53.0 Å². The number of allylic oxidation sites excluding steroid dienone is 4. The van der Waals surface area contributed by atoms with Crippen LogP contribution in [0.4, 0.5) is 0 Å². The van der Waals surface area contributed by atoms with Crippen molar-refractivity contribution in [3.8, 4) is 0 Å². The first kappa shape index (κ1) is 17.1. The molecule has 0 saturated carbocycles. The molecule has 0 bridgehead atoms. The number of ketones is 3. The molecule has 130 valence electrons. The van der Waals surface area contributed by atoms with Crippen molar-refractivity contribution in [2.45, 2.75) is 38.5 Å². The first-order valence-corrected chi connectivity index (χ1v) is 8.50. The van der Waals surface area contributed by atoms with Crippen LogP contribution in [-0.2, 0) is 9.59 Å². The van der Waals surface area contributed by atoms with Gasteiger partial charge in [-0.1, -0.05) is 30.3 Å². The fraction of sp³-hybridized carbons (Fsp3) is 0.350. The first-order valence-electron chi connectivity index (χ1n) is 8.50. The van der Waals surface area contributed by atoms with Crippen molar-refractivity contribution in [3.05, 3.63) is 58.6 Å². The van der Waals surface area contributed by atoms with E-state index in [9.17, 15) is 24.6 Å². The minimum Gasteiger partial charge on any atom is -0.512 e. The molecule has 0 atom stereocenters. The molecule has 25 heavy (non-hydrogen) atoms. The average molecular weight is 340 g/mol. The molecule has 1 aromatic rings. The van der Waals surface area contributed by atoms with Crippen LogP contribution in [-0.4, -0.2) is 27.6 Å². The summed E-state index contributed by atoms with van der Waals surface area (Å²) in [5.74, 6) is -2.65. The summed E-state index contributed by atoms with van der Waals surface area (Å²) in [4.78, 5) is 38.0. The van der Waals surface area contributed by atoms with Crippen LogP contribution >= 0.6 is 0 Å².